The van der Waals surface area contributed by atoms with Gasteiger partial charge in [-0.15, -0.1) is 10.2 Å². The van der Waals surface area contributed by atoms with Crippen LogP contribution in [-0.4, -0.2) is 87.7 Å². The summed E-state index contributed by atoms with van der Waals surface area (Å²) in [6.45, 7) is -0.250. The molecule has 46 heavy (non-hydrogen) atoms. The minimum Gasteiger partial charge on any atom is -0.483 e. The van der Waals surface area contributed by atoms with Crippen LogP contribution in [0.2, 0.25) is 5.02 Å². The zero-order chi connectivity index (χ0) is 33.0. The zero-order valence-electron chi connectivity index (χ0n) is 25.1. The fraction of sp³-hybridized carbons (Fsp3) is 0.310. The Morgan fingerprint density at radius 1 is 1.09 bits per heavy atom. The van der Waals surface area contributed by atoms with Gasteiger partial charge in [-0.25, -0.2) is 22.8 Å². The first-order valence-corrected chi connectivity index (χ1v) is 15.9. The predicted molar refractivity (Wildman–Crippen MR) is 170 cm³/mol. The Hall–Kier alpha value is -4.67. The first-order valence-electron chi connectivity index (χ1n) is 14.1. The standard InChI is InChI=1S/C28H29ClFN9O3S.CH2O2/c1-38(2)20-7-4-18(5-8-20)34-28-32-13-16-10-22(26-36-33-15-39(26)25(16)35-28)21-12-19(6-9-23(21)30)37-43(40,41)24-11-17(29)14-31-27(24)42-3;2-1-3/h6,9-15,18,20,37H,4-5,7-8H2,1-3H3,(H,32,34,35);1H,(H,2,3)/t18-,20-;. The maximum absolute atomic E-state index is 15.3. The highest BCUT2D eigenvalue weighted by Crippen LogP contribution is 2.33. The van der Waals surface area contributed by atoms with Gasteiger partial charge in [0, 0.05) is 46.7 Å². The molecule has 242 valence electrons. The third kappa shape index (κ3) is 6.93. The molecule has 1 aliphatic rings. The lowest BCUT2D eigenvalue weighted by molar-refractivity contribution is -0.122. The topological polar surface area (TPSA) is 177 Å². The van der Waals surface area contributed by atoms with Gasteiger partial charge in [0.25, 0.3) is 16.5 Å². The van der Waals surface area contributed by atoms with Gasteiger partial charge in [0.15, 0.2) is 16.2 Å². The number of carboxylic acid groups (broad SMARTS) is 1. The second-order valence-electron chi connectivity index (χ2n) is 10.7. The number of halogens is 2. The van der Waals surface area contributed by atoms with E-state index in [2.05, 4.69) is 49.2 Å². The first kappa shape index (κ1) is 32.7. The Labute approximate surface area is 268 Å². The van der Waals surface area contributed by atoms with Crippen molar-refractivity contribution >= 4 is 56.4 Å². The van der Waals surface area contributed by atoms with E-state index < -0.39 is 15.8 Å². The highest BCUT2D eigenvalue weighted by molar-refractivity contribution is 7.92. The Bertz CT molecular complexity index is 1990. The van der Waals surface area contributed by atoms with E-state index in [-0.39, 0.29) is 39.6 Å². The van der Waals surface area contributed by atoms with Crippen molar-refractivity contribution in [2.45, 2.75) is 42.7 Å². The summed E-state index contributed by atoms with van der Waals surface area (Å²) in [4.78, 5) is 23.6. The number of methoxy groups -OCH3 is 1. The van der Waals surface area contributed by atoms with E-state index in [1.165, 1.54) is 43.9 Å². The monoisotopic (exact) mass is 671 g/mol. The van der Waals surface area contributed by atoms with Crippen LogP contribution in [-0.2, 0) is 14.8 Å². The maximum Gasteiger partial charge on any atom is 0.290 e. The molecule has 0 amide bonds. The molecule has 0 bridgehead atoms. The van der Waals surface area contributed by atoms with Crippen molar-refractivity contribution in [2.75, 3.05) is 31.2 Å². The third-order valence-corrected chi connectivity index (χ3v) is 9.23. The Balaban J connectivity index is 0.00000134. The molecule has 6 rings (SSSR count). The van der Waals surface area contributed by atoms with Gasteiger partial charge < -0.3 is 20.1 Å². The number of benzene rings is 1. The first-order chi connectivity index (χ1) is 22.0. The molecule has 17 heteroatoms. The number of anilines is 2. The number of nitrogens with one attached hydrogen (secondary N) is 2. The minimum absolute atomic E-state index is 0.107. The van der Waals surface area contributed by atoms with Crippen molar-refractivity contribution in [3.8, 4) is 17.0 Å². The molecule has 1 fully saturated rings. The summed E-state index contributed by atoms with van der Waals surface area (Å²) in [5.74, 6) is -0.215. The normalized spacial score (nSPS) is 16.6. The number of sulfonamides is 1. The van der Waals surface area contributed by atoms with Crippen LogP contribution < -0.4 is 14.8 Å². The van der Waals surface area contributed by atoms with Gasteiger partial charge in [-0.2, -0.15) is 4.98 Å². The number of hydrogen-bond donors (Lipinski definition) is 3. The van der Waals surface area contributed by atoms with Crippen molar-refractivity contribution in [2.24, 2.45) is 0 Å². The molecule has 0 spiro atoms. The lowest BCUT2D eigenvalue weighted by Crippen LogP contribution is -2.36. The van der Waals surface area contributed by atoms with Crippen LogP contribution in [0.3, 0.4) is 0 Å². The van der Waals surface area contributed by atoms with Gasteiger partial charge in [0.1, 0.15) is 12.1 Å². The quantitative estimate of drug-likeness (QED) is 0.199. The summed E-state index contributed by atoms with van der Waals surface area (Å²) in [5.41, 5.74) is 1.51. The minimum atomic E-state index is -4.19. The zero-order valence-corrected chi connectivity index (χ0v) is 26.6. The Kier molecular flexibility index (Phi) is 9.79. The van der Waals surface area contributed by atoms with E-state index in [4.69, 9.17) is 31.2 Å². The van der Waals surface area contributed by atoms with Gasteiger partial charge in [0.05, 0.1) is 12.1 Å². The SMILES string of the molecule is COc1ncc(Cl)cc1S(=O)(=O)Nc1ccc(F)c(-c2cc3cnc(N[C@H]4CC[C@H](N(C)C)CC4)nc3n3cnnc23)c1.O=CO. The van der Waals surface area contributed by atoms with Crippen molar-refractivity contribution in [3.05, 3.63) is 59.9 Å². The highest BCUT2D eigenvalue weighted by Gasteiger charge is 2.25. The largest absolute Gasteiger partial charge is 0.483 e. The number of ether oxygens (including phenoxy) is 1. The molecular formula is C29H31ClFN9O5S. The lowest BCUT2D eigenvalue weighted by Gasteiger charge is -2.32. The molecule has 4 aromatic heterocycles. The number of rotatable bonds is 8. The van der Waals surface area contributed by atoms with Gasteiger partial charge in [0.2, 0.25) is 11.8 Å². The van der Waals surface area contributed by atoms with Gasteiger partial charge in [-0.1, -0.05) is 11.6 Å². The summed E-state index contributed by atoms with van der Waals surface area (Å²) >= 11 is 5.98. The average molecular weight is 672 g/mol. The molecular weight excluding hydrogens is 641 g/mol. The molecule has 14 nitrogen and oxygen atoms in total. The van der Waals surface area contributed by atoms with E-state index in [1.807, 2.05) is 0 Å². The van der Waals surface area contributed by atoms with E-state index >= 15 is 4.39 Å². The van der Waals surface area contributed by atoms with Crippen LogP contribution in [0.4, 0.5) is 16.0 Å². The van der Waals surface area contributed by atoms with E-state index in [1.54, 1.807) is 16.7 Å². The molecule has 1 saturated carbocycles. The van der Waals surface area contributed by atoms with Crippen LogP contribution in [0.1, 0.15) is 25.7 Å². The lowest BCUT2D eigenvalue weighted by atomic mass is 9.91. The summed E-state index contributed by atoms with van der Waals surface area (Å²) in [5, 5.41) is 19.4. The summed E-state index contributed by atoms with van der Waals surface area (Å²) < 4.78 is 50.9. The summed E-state index contributed by atoms with van der Waals surface area (Å²) in [6, 6.07) is 7.66. The van der Waals surface area contributed by atoms with Crippen LogP contribution in [0, 0.1) is 5.82 Å². The summed E-state index contributed by atoms with van der Waals surface area (Å²) in [6.07, 6.45) is 8.68. The molecule has 0 radical (unpaired) electrons. The second-order valence-corrected chi connectivity index (χ2v) is 12.8. The van der Waals surface area contributed by atoms with Gasteiger partial charge >= 0.3 is 0 Å². The number of carbonyl (C=O) groups is 1. The van der Waals surface area contributed by atoms with Crippen LogP contribution in [0.25, 0.3) is 27.8 Å². The molecule has 0 aliphatic heterocycles. The molecule has 5 aromatic rings. The fourth-order valence-corrected chi connectivity index (χ4v) is 6.83. The highest BCUT2D eigenvalue weighted by atomic mass is 35.5. The Morgan fingerprint density at radius 2 is 1.83 bits per heavy atom. The van der Waals surface area contributed by atoms with Gasteiger partial charge in [-0.3, -0.25) is 13.9 Å². The van der Waals surface area contributed by atoms with Gasteiger partial charge in [-0.05, 0) is 70.1 Å². The number of aromatic nitrogens is 6. The molecule has 1 aliphatic carbocycles. The fourth-order valence-electron chi connectivity index (χ4n) is 5.42. The molecule has 0 saturated heterocycles. The van der Waals surface area contributed by atoms with Crippen LogP contribution in [0.15, 0.2) is 53.9 Å². The number of hydrogen-bond acceptors (Lipinski definition) is 11. The molecule has 0 unspecified atom stereocenters. The average Bonchev–Trinajstić information content (AvgIpc) is 3.53. The van der Waals surface area contributed by atoms with E-state index in [0.29, 0.717) is 34.2 Å². The van der Waals surface area contributed by atoms with Crippen LogP contribution in [0.5, 0.6) is 5.88 Å². The van der Waals surface area contributed by atoms with Crippen molar-refractivity contribution in [1.82, 2.24) is 34.4 Å². The molecule has 0 atom stereocenters. The number of fused-ring (bicyclic) bond motifs is 3. The van der Waals surface area contributed by atoms with Crippen molar-refractivity contribution in [3.63, 3.8) is 0 Å². The van der Waals surface area contributed by atoms with E-state index in [9.17, 15) is 8.42 Å². The third-order valence-electron chi connectivity index (χ3n) is 7.65. The second kappa shape index (κ2) is 13.8. The molecule has 3 N–H and O–H groups in total. The number of nitrogens with zero attached hydrogens (tertiary/aromatic N) is 7. The maximum atomic E-state index is 15.3. The summed E-state index contributed by atoms with van der Waals surface area (Å²) in [7, 11) is 1.33. The Morgan fingerprint density at radius 3 is 2.52 bits per heavy atom. The number of pyridine rings is 2. The molecule has 1 aromatic carbocycles. The van der Waals surface area contributed by atoms with Crippen molar-refractivity contribution in [1.29, 1.82) is 0 Å². The molecule has 4 heterocycles. The smallest absolute Gasteiger partial charge is 0.290 e. The van der Waals surface area contributed by atoms with E-state index in [0.717, 1.165) is 25.7 Å². The van der Waals surface area contributed by atoms with Crippen molar-refractivity contribution < 1.29 is 27.4 Å². The van der Waals surface area contributed by atoms with Crippen LogP contribution >= 0.6 is 11.6 Å². The predicted octanol–water partition coefficient (Wildman–Crippen LogP) is 4.32.